The number of aliphatic hydroxyl groups excluding tert-OH is 1. The molecule has 0 amide bonds. The molecule has 0 aromatic carbocycles. The van der Waals surface area contributed by atoms with Crippen LogP contribution in [0, 0.1) is 22.7 Å². The molecule has 1 saturated heterocycles. The van der Waals surface area contributed by atoms with Gasteiger partial charge in [-0.05, 0) is 36.5 Å². The van der Waals surface area contributed by atoms with E-state index in [1.165, 1.54) is 0 Å². The summed E-state index contributed by atoms with van der Waals surface area (Å²) in [7, 11) is 0. The fourth-order valence-electron chi connectivity index (χ4n) is 3.55. The van der Waals surface area contributed by atoms with Gasteiger partial charge >= 0.3 is 5.97 Å². The minimum atomic E-state index is -0.679. The average Bonchev–Trinajstić information content (AvgIpc) is 2.64. The minimum Gasteiger partial charge on any atom is -0.459 e. The second-order valence-corrected chi connectivity index (χ2v) is 9.30. The quantitative estimate of drug-likeness (QED) is 0.810. The Bertz CT molecular complexity index is 402. The molecule has 2 bridgehead atoms. The van der Waals surface area contributed by atoms with Gasteiger partial charge in [-0.1, -0.05) is 41.5 Å². The Labute approximate surface area is 134 Å². The van der Waals surface area contributed by atoms with E-state index in [-0.39, 0.29) is 40.8 Å². The van der Waals surface area contributed by atoms with Crippen molar-refractivity contribution >= 4 is 5.97 Å². The molecule has 5 atom stereocenters. The summed E-state index contributed by atoms with van der Waals surface area (Å²) in [4.78, 5) is 12.8. The fourth-order valence-corrected chi connectivity index (χ4v) is 3.55. The topological polar surface area (TPSA) is 55.8 Å². The summed E-state index contributed by atoms with van der Waals surface area (Å²) in [5.74, 6) is -0.0274. The summed E-state index contributed by atoms with van der Waals surface area (Å²) in [6, 6.07) is 0. The number of fused-ring (bicyclic) bond motifs is 2. The molecule has 0 radical (unpaired) electrons. The van der Waals surface area contributed by atoms with Crippen LogP contribution < -0.4 is 0 Å². The summed E-state index contributed by atoms with van der Waals surface area (Å²) < 4.78 is 11.4. The maximum atomic E-state index is 12.8. The Hall–Kier alpha value is -0.610. The molecule has 1 saturated carbocycles. The number of hydrogen-bond acceptors (Lipinski definition) is 4. The van der Waals surface area contributed by atoms with E-state index in [1.54, 1.807) is 0 Å². The summed E-state index contributed by atoms with van der Waals surface area (Å²) in [6.07, 6.45) is 2.26. The van der Waals surface area contributed by atoms with E-state index in [4.69, 9.17) is 9.47 Å². The second-order valence-electron chi connectivity index (χ2n) is 9.30. The zero-order chi connectivity index (χ0) is 16.7. The summed E-state index contributed by atoms with van der Waals surface area (Å²) >= 11 is 0. The van der Waals surface area contributed by atoms with Crippen molar-refractivity contribution in [3.8, 4) is 0 Å². The normalized spacial score (nSPS) is 33.6. The lowest BCUT2D eigenvalue weighted by Gasteiger charge is -2.36. The van der Waals surface area contributed by atoms with Gasteiger partial charge in [0.05, 0.1) is 12.0 Å². The summed E-state index contributed by atoms with van der Waals surface area (Å²) in [5, 5.41) is 9.78. The van der Waals surface area contributed by atoms with E-state index in [9.17, 15) is 9.90 Å². The molecule has 4 heteroatoms. The van der Waals surface area contributed by atoms with Gasteiger partial charge < -0.3 is 14.6 Å². The van der Waals surface area contributed by atoms with E-state index in [0.717, 1.165) is 25.7 Å². The summed E-state index contributed by atoms with van der Waals surface area (Å²) in [5.41, 5.74) is -0.0493. The van der Waals surface area contributed by atoms with Crippen LogP contribution in [0.25, 0.3) is 0 Å². The highest BCUT2D eigenvalue weighted by molar-refractivity contribution is 5.73. The van der Waals surface area contributed by atoms with Crippen LogP contribution in [0.15, 0.2) is 0 Å². The molecule has 5 unspecified atom stereocenters. The molecule has 1 aliphatic carbocycles. The lowest BCUT2D eigenvalue weighted by atomic mass is 9.72. The predicted molar refractivity (Wildman–Crippen MR) is 85.1 cm³/mol. The van der Waals surface area contributed by atoms with Crippen LogP contribution in [0.3, 0.4) is 0 Å². The van der Waals surface area contributed by atoms with E-state index in [2.05, 4.69) is 41.5 Å². The van der Waals surface area contributed by atoms with Crippen molar-refractivity contribution in [1.82, 2.24) is 0 Å². The highest BCUT2D eigenvalue weighted by Crippen LogP contribution is 2.41. The van der Waals surface area contributed by atoms with Crippen LogP contribution in [0.2, 0.25) is 0 Å². The third-order valence-corrected chi connectivity index (χ3v) is 4.90. The lowest BCUT2D eigenvalue weighted by Crippen LogP contribution is -2.39. The molecule has 1 heterocycles. The first kappa shape index (κ1) is 17.7. The van der Waals surface area contributed by atoms with Crippen molar-refractivity contribution in [2.45, 2.75) is 85.7 Å². The molecular formula is C18H32O4. The molecular weight excluding hydrogens is 280 g/mol. The minimum absolute atomic E-state index is 0.0781. The van der Waals surface area contributed by atoms with Gasteiger partial charge in [0.25, 0.3) is 0 Å². The van der Waals surface area contributed by atoms with Gasteiger partial charge in [-0.2, -0.15) is 0 Å². The van der Waals surface area contributed by atoms with E-state index >= 15 is 0 Å². The standard InChI is InChI=1S/C18H32O4/c1-17(2,3)10-12(18(4,5)6)16(20)21-13-8-7-11-9-14(13)22-15(11)19/h11-15,19H,7-10H2,1-6H3. The molecule has 0 spiro atoms. The maximum absolute atomic E-state index is 12.8. The molecule has 128 valence electrons. The second kappa shape index (κ2) is 6.12. The average molecular weight is 312 g/mol. The molecule has 2 fully saturated rings. The Morgan fingerprint density at radius 2 is 1.86 bits per heavy atom. The number of carbonyl (C=O) groups is 1. The third kappa shape index (κ3) is 4.23. The van der Waals surface area contributed by atoms with E-state index in [1.807, 2.05) is 0 Å². The van der Waals surface area contributed by atoms with Crippen molar-refractivity contribution in [3.63, 3.8) is 0 Å². The smallest absolute Gasteiger partial charge is 0.309 e. The van der Waals surface area contributed by atoms with Crippen LogP contribution in [0.1, 0.15) is 67.2 Å². The van der Waals surface area contributed by atoms with Gasteiger partial charge in [-0.3, -0.25) is 4.79 Å². The van der Waals surface area contributed by atoms with E-state index in [0.29, 0.717) is 0 Å². The van der Waals surface area contributed by atoms with Crippen molar-refractivity contribution < 1.29 is 19.4 Å². The number of rotatable bonds is 3. The van der Waals surface area contributed by atoms with Gasteiger partial charge in [0.2, 0.25) is 0 Å². The van der Waals surface area contributed by atoms with Crippen molar-refractivity contribution in [2.75, 3.05) is 0 Å². The van der Waals surface area contributed by atoms with Crippen molar-refractivity contribution in [2.24, 2.45) is 22.7 Å². The molecule has 0 aromatic rings. The van der Waals surface area contributed by atoms with Crippen molar-refractivity contribution in [1.29, 1.82) is 0 Å². The number of aliphatic hydroxyl groups is 1. The van der Waals surface area contributed by atoms with Crippen LogP contribution in [-0.2, 0) is 14.3 Å². The van der Waals surface area contributed by atoms with Crippen molar-refractivity contribution in [3.05, 3.63) is 0 Å². The largest absolute Gasteiger partial charge is 0.459 e. The van der Waals surface area contributed by atoms with Crippen LogP contribution in [0.5, 0.6) is 0 Å². The molecule has 1 N–H and O–H groups in total. The van der Waals surface area contributed by atoms with Gasteiger partial charge in [0, 0.05) is 5.92 Å². The molecule has 2 rings (SSSR count). The first-order chi connectivity index (χ1) is 9.97. The van der Waals surface area contributed by atoms with Crippen LogP contribution in [0.4, 0.5) is 0 Å². The van der Waals surface area contributed by atoms with E-state index < -0.39 is 6.29 Å². The zero-order valence-electron chi connectivity index (χ0n) is 14.9. The molecule has 0 aromatic heterocycles. The van der Waals surface area contributed by atoms with Gasteiger partial charge in [-0.25, -0.2) is 0 Å². The highest BCUT2D eigenvalue weighted by Gasteiger charge is 2.45. The van der Waals surface area contributed by atoms with Gasteiger partial charge in [0.1, 0.15) is 6.10 Å². The van der Waals surface area contributed by atoms with Crippen LogP contribution >= 0.6 is 0 Å². The Morgan fingerprint density at radius 3 is 2.41 bits per heavy atom. The molecule has 2 aliphatic rings. The highest BCUT2D eigenvalue weighted by atomic mass is 16.6. The lowest BCUT2D eigenvalue weighted by molar-refractivity contribution is -0.173. The van der Waals surface area contributed by atoms with Crippen LogP contribution in [-0.4, -0.2) is 29.6 Å². The maximum Gasteiger partial charge on any atom is 0.309 e. The zero-order valence-corrected chi connectivity index (χ0v) is 14.9. The first-order valence-corrected chi connectivity index (χ1v) is 8.51. The predicted octanol–water partition coefficient (Wildman–Crippen LogP) is 3.51. The fraction of sp³-hybridized carbons (Fsp3) is 0.944. The third-order valence-electron chi connectivity index (χ3n) is 4.90. The SMILES string of the molecule is CC(C)(C)CC(C(=O)OC1CCC2CC1OC2O)C(C)(C)C. The monoisotopic (exact) mass is 312 g/mol. The number of carbonyl (C=O) groups excluding carboxylic acids is 1. The Kier molecular flexibility index (Phi) is 4.94. The number of ether oxygens (including phenoxy) is 2. The van der Waals surface area contributed by atoms with Gasteiger partial charge in [0.15, 0.2) is 6.29 Å². The summed E-state index contributed by atoms with van der Waals surface area (Å²) in [6.45, 7) is 12.7. The Morgan fingerprint density at radius 1 is 1.23 bits per heavy atom. The molecule has 1 aliphatic heterocycles. The first-order valence-electron chi connectivity index (χ1n) is 8.51. The Balaban J connectivity index is 2.02. The van der Waals surface area contributed by atoms with Gasteiger partial charge in [-0.15, -0.1) is 0 Å². The number of hydrogen-bond donors (Lipinski definition) is 1. The molecule has 22 heavy (non-hydrogen) atoms. The number of esters is 1. The molecule has 4 nitrogen and oxygen atoms in total.